The number of carbonyl (C=O) groups excluding carboxylic acids is 1. The normalized spacial score (nSPS) is 10.5. The van der Waals surface area contributed by atoms with Crippen LogP contribution >= 0.6 is 0 Å². The minimum atomic E-state index is -0.375. The van der Waals surface area contributed by atoms with Crippen LogP contribution in [0.25, 0.3) is 10.9 Å². The summed E-state index contributed by atoms with van der Waals surface area (Å²) in [5.74, 6) is 1.08. The van der Waals surface area contributed by atoms with Crippen LogP contribution in [-0.2, 0) is 4.74 Å². The standard InChI is InChI=1S/C20H19NO4/c1-14-13-18(17-5-3-4-6-19(17)21-14)20(22)25-12-11-24-16-9-7-15(23-2)8-10-16/h3-10,13H,11-12H2,1-2H3. The summed E-state index contributed by atoms with van der Waals surface area (Å²) < 4.78 is 16.0. The quantitative estimate of drug-likeness (QED) is 0.506. The van der Waals surface area contributed by atoms with Crippen LogP contribution in [0.3, 0.4) is 0 Å². The zero-order chi connectivity index (χ0) is 17.6. The SMILES string of the molecule is COc1ccc(OCCOC(=O)c2cc(C)nc3ccccc23)cc1. The lowest BCUT2D eigenvalue weighted by Crippen LogP contribution is -2.13. The molecule has 0 unspecified atom stereocenters. The maximum absolute atomic E-state index is 12.4. The average Bonchev–Trinajstić information content (AvgIpc) is 2.64. The first-order valence-electron chi connectivity index (χ1n) is 7.98. The van der Waals surface area contributed by atoms with Crippen LogP contribution < -0.4 is 9.47 Å². The van der Waals surface area contributed by atoms with Crippen molar-refractivity contribution in [3.05, 3.63) is 65.9 Å². The molecule has 0 atom stereocenters. The van der Waals surface area contributed by atoms with Crippen LogP contribution in [0.2, 0.25) is 0 Å². The Labute approximate surface area is 146 Å². The van der Waals surface area contributed by atoms with E-state index in [1.54, 1.807) is 25.3 Å². The lowest BCUT2D eigenvalue weighted by Gasteiger charge is -2.10. The lowest BCUT2D eigenvalue weighted by molar-refractivity contribution is 0.0452. The van der Waals surface area contributed by atoms with E-state index in [2.05, 4.69) is 4.98 Å². The fraction of sp³-hybridized carbons (Fsp3) is 0.200. The zero-order valence-corrected chi connectivity index (χ0v) is 14.2. The monoisotopic (exact) mass is 337 g/mol. The first kappa shape index (κ1) is 16.8. The Hall–Kier alpha value is -3.08. The van der Waals surface area contributed by atoms with Gasteiger partial charge in [0.05, 0.1) is 18.2 Å². The number of ether oxygens (including phenoxy) is 3. The second-order valence-corrected chi connectivity index (χ2v) is 5.49. The van der Waals surface area contributed by atoms with Crippen LogP contribution in [0.4, 0.5) is 0 Å². The minimum Gasteiger partial charge on any atom is -0.497 e. The third kappa shape index (κ3) is 4.07. The number of aromatic nitrogens is 1. The first-order valence-corrected chi connectivity index (χ1v) is 7.98. The van der Waals surface area contributed by atoms with E-state index in [4.69, 9.17) is 14.2 Å². The van der Waals surface area contributed by atoms with Gasteiger partial charge in [0.2, 0.25) is 0 Å². The highest BCUT2D eigenvalue weighted by Gasteiger charge is 2.13. The van der Waals surface area contributed by atoms with Crippen LogP contribution in [0.1, 0.15) is 16.1 Å². The molecule has 2 aromatic carbocycles. The Morgan fingerprint density at radius 2 is 1.72 bits per heavy atom. The summed E-state index contributed by atoms with van der Waals surface area (Å²) in [4.78, 5) is 16.8. The molecule has 0 aliphatic carbocycles. The topological polar surface area (TPSA) is 57.7 Å². The van der Waals surface area contributed by atoms with E-state index in [1.807, 2.05) is 43.3 Å². The van der Waals surface area contributed by atoms with Crippen molar-refractivity contribution in [2.45, 2.75) is 6.92 Å². The Bertz CT molecular complexity index is 875. The van der Waals surface area contributed by atoms with Gasteiger partial charge in [-0.1, -0.05) is 18.2 Å². The highest BCUT2D eigenvalue weighted by atomic mass is 16.6. The second kappa shape index (κ2) is 7.66. The van der Waals surface area contributed by atoms with Crippen molar-refractivity contribution in [1.82, 2.24) is 4.98 Å². The Balaban J connectivity index is 1.59. The summed E-state index contributed by atoms with van der Waals surface area (Å²) >= 11 is 0. The van der Waals surface area contributed by atoms with Gasteiger partial charge in [-0.25, -0.2) is 4.79 Å². The van der Waals surface area contributed by atoms with E-state index in [9.17, 15) is 4.79 Å². The van der Waals surface area contributed by atoms with Gasteiger partial charge < -0.3 is 14.2 Å². The molecule has 3 aromatic rings. The number of fused-ring (bicyclic) bond motifs is 1. The van der Waals surface area contributed by atoms with Gasteiger partial charge in [0.15, 0.2) is 0 Å². The molecule has 0 aliphatic heterocycles. The molecule has 0 aliphatic rings. The van der Waals surface area contributed by atoms with Gasteiger partial charge in [0.25, 0.3) is 0 Å². The molecule has 0 saturated carbocycles. The number of carbonyl (C=O) groups is 1. The fourth-order valence-electron chi connectivity index (χ4n) is 2.52. The first-order chi connectivity index (χ1) is 12.2. The molecule has 128 valence electrons. The van der Waals surface area contributed by atoms with Crippen molar-refractivity contribution in [1.29, 1.82) is 0 Å². The zero-order valence-electron chi connectivity index (χ0n) is 14.2. The Morgan fingerprint density at radius 1 is 1.00 bits per heavy atom. The summed E-state index contributed by atoms with van der Waals surface area (Å²) in [5, 5.41) is 0.786. The number of hydrogen-bond acceptors (Lipinski definition) is 5. The lowest BCUT2D eigenvalue weighted by atomic mass is 10.1. The van der Waals surface area contributed by atoms with Gasteiger partial charge in [0.1, 0.15) is 24.7 Å². The predicted octanol–water partition coefficient (Wildman–Crippen LogP) is 3.79. The number of hydrogen-bond donors (Lipinski definition) is 0. The van der Waals surface area contributed by atoms with Crippen LogP contribution in [0, 0.1) is 6.92 Å². The van der Waals surface area contributed by atoms with Crippen molar-refractivity contribution in [3.63, 3.8) is 0 Å². The van der Waals surface area contributed by atoms with Gasteiger partial charge in [-0.3, -0.25) is 4.98 Å². The third-order valence-corrected chi connectivity index (χ3v) is 3.71. The maximum Gasteiger partial charge on any atom is 0.339 e. The molecule has 1 heterocycles. The van der Waals surface area contributed by atoms with E-state index in [-0.39, 0.29) is 19.2 Å². The summed E-state index contributed by atoms with van der Waals surface area (Å²) in [5.41, 5.74) is 2.08. The maximum atomic E-state index is 12.4. The predicted molar refractivity (Wildman–Crippen MR) is 95.3 cm³/mol. The number of esters is 1. The molecule has 0 fully saturated rings. The second-order valence-electron chi connectivity index (χ2n) is 5.49. The number of nitrogens with zero attached hydrogens (tertiary/aromatic N) is 1. The van der Waals surface area contributed by atoms with Crippen molar-refractivity contribution in [3.8, 4) is 11.5 Å². The Morgan fingerprint density at radius 3 is 2.48 bits per heavy atom. The molecule has 0 saturated heterocycles. The summed E-state index contributed by atoms with van der Waals surface area (Å²) in [6.07, 6.45) is 0. The van der Waals surface area contributed by atoms with E-state index in [0.717, 1.165) is 22.3 Å². The van der Waals surface area contributed by atoms with Crippen LogP contribution in [0.15, 0.2) is 54.6 Å². The number of para-hydroxylation sites is 1. The van der Waals surface area contributed by atoms with Gasteiger partial charge in [-0.15, -0.1) is 0 Å². The van der Waals surface area contributed by atoms with Crippen LogP contribution in [-0.4, -0.2) is 31.3 Å². The number of methoxy groups -OCH3 is 1. The van der Waals surface area contributed by atoms with Gasteiger partial charge in [0, 0.05) is 11.1 Å². The van der Waals surface area contributed by atoms with Crippen molar-refractivity contribution in [2.24, 2.45) is 0 Å². The van der Waals surface area contributed by atoms with Crippen molar-refractivity contribution >= 4 is 16.9 Å². The molecular formula is C20H19NO4. The van der Waals surface area contributed by atoms with Gasteiger partial charge in [-0.2, -0.15) is 0 Å². The molecule has 5 heteroatoms. The average molecular weight is 337 g/mol. The molecule has 3 rings (SSSR count). The minimum absolute atomic E-state index is 0.167. The van der Waals surface area contributed by atoms with E-state index >= 15 is 0 Å². The number of pyridine rings is 1. The van der Waals surface area contributed by atoms with Crippen molar-refractivity contribution < 1.29 is 19.0 Å². The third-order valence-electron chi connectivity index (χ3n) is 3.71. The summed E-state index contributed by atoms with van der Waals surface area (Å²) in [6, 6.07) is 16.5. The molecule has 0 N–H and O–H groups in total. The molecule has 0 bridgehead atoms. The molecular weight excluding hydrogens is 318 g/mol. The molecule has 25 heavy (non-hydrogen) atoms. The largest absolute Gasteiger partial charge is 0.497 e. The van der Waals surface area contributed by atoms with E-state index < -0.39 is 0 Å². The van der Waals surface area contributed by atoms with E-state index in [0.29, 0.717) is 11.3 Å². The smallest absolute Gasteiger partial charge is 0.339 e. The fourth-order valence-corrected chi connectivity index (χ4v) is 2.52. The number of aryl methyl sites for hydroxylation is 1. The Kier molecular flexibility index (Phi) is 5.14. The highest BCUT2D eigenvalue weighted by molar-refractivity contribution is 6.03. The van der Waals surface area contributed by atoms with E-state index in [1.165, 1.54) is 0 Å². The van der Waals surface area contributed by atoms with Crippen LogP contribution in [0.5, 0.6) is 11.5 Å². The van der Waals surface area contributed by atoms with Gasteiger partial charge >= 0.3 is 5.97 Å². The van der Waals surface area contributed by atoms with Crippen molar-refractivity contribution in [2.75, 3.05) is 20.3 Å². The number of rotatable bonds is 6. The molecule has 0 amide bonds. The summed E-state index contributed by atoms with van der Waals surface area (Å²) in [6.45, 7) is 2.30. The molecule has 0 radical (unpaired) electrons. The molecule has 0 spiro atoms. The molecule has 5 nitrogen and oxygen atoms in total. The number of benzene rings is 2. The summed E-state index contributed by atoms with van der Waals surface area (Å²) in [7, 11) is 1.61. The highest BCUT2D eigenvalue weighted by Crippen LogP contribution is 2.19. The molecule has 1 aromatic heterocycles. The van der Waals surface area contributed by atoms with Gasteiger partial charge in [-0.05, 0) is 43.3 Å².